The second-order valence-corrected chi connectivity index (χ2v) is 3.46. The molecule has 0 radical (unpaired) electrons. The molecule has 0 fully saturated rings. The van der Waals surface area contributed by atoms with Crippen molar-refractivity contribution in [3.63, 3.8) is 0 Å². The summed E-state index contributed by atoms with van der Waals surface area (Å²) in [6, 6.07) is 13.1. The zero-order valence-corrected chi connectivity index (χ0v) is 8.41. The van der Waals surface area contributed by atoms with E-state index in [4.69, 9.17) is 0 Å². The van der Waals surface area contributed by atoms with Gasteiger partial charge >= 0.3 is 0 Å². The molecule has 0 bridgehead atoms. The van der Waals surface area contributed by atoms with E-state index in [-0.39, 0.29) is 0 Å². The molecule has 0 aliphatic rings. The molecule has 0 saturated carbocycles. The van der Waals surface area contributed by atoms with Crippen LogP contribution in [0, 0.1) is 0 Å². The summed E-state index contributed by atoms with van der Waals surface area (Å²) in [7, 11) is 0. The molecule has 2 heterocycles. The van der Waals surface area contributed by atoms with E-state index in [2.05, 4.69) is 9.97 Å². The van der Waals surface area contributed by atoms with Crippen molar-refractivity contribution in [3.05, 3.63) is 48.7 Å². The van der Waals surface area contributed by atoms with Crippen LogP contribution >= 0.6 is 0 Å². The molecule has 3 rings (SSSR count). The first-order valence-corrected chi connectivity index (χ1v) is 4.94. The fourth-order valence-corrected chi connectivity index (χ4v) is 1.68. The first-order chi connectivity index (χ1) is 7.86. The third-order valence-corrected chi connectivity index (χ3v) is 2.44. The van der Waals surface area contributed by atoms with Crippen molar-refractivity contribution in [2.24, 2.45) is 0 Å². The first-order valence-electron chi connectivity index (χ1n) is 4.94. The van der Waals surface area contributed by atoms with E-state index in [1.54, 1.807) is 18.3 Å². The normalized spacial score (nSPS) is 10.8. The Morgan fingerprint density at radius 1 is 1.00 bits per heavy atom. The van der Waals surface area contributed by atoms with Gasteiger partial charge in [-0.1, -0.05) is 30.3 Å². The molecule has 16 heavy (non-hydrogen) atoms. The Balaban J connectivity index is 2.29. The Labute approximate surface area is 91.8 Å². The molecule has 0 atom stereocenters. The van der Waals surface area contributed by atoms with Crippen LogP contribution in [-0.2, 0) is 0 Å². The van der Waals surface area contributed by atoms with Crippen LogP contribution in [0.3, 0.4) is 0 Å². The van der Waals surface area contributed by atoms with Gasteiger partial charge in [-0.05, 0) is 12.1 Å². The molecule has 3 aromatic rings. The van der Waals surface area contributed by atoms with Crippen molar-refractivity contribution in [1.29, 1.82) is 0 Å². The van der Waals surface area contributed by atoms with E-state index in [0.717, 1.165) is 10.3 Å². The van der Waals surface area contributed by atoms with Crippen molar-refractivity contribution in [2.45, 2.75) is 0 Å². The molecule has 78 valence electrons. The van der Waals surface area contributed by atoms with E-state index in [1.807, 2.05) is 30.3 Å². The van der Waals surface area contributed by atoms with Crippen LogP contribution in [0.2, 0.25) is 0 Å². The Morgan fingerprint density at radius 3 is 2.56 bits per heavy atom. The molecule has 0 aliphatic heterocycles. The monoisotopic (exact) mass is 211 g/mol. The van der Waals surface area contributed by atoms with Crippen LogP contribution in [0.5, 0.6) is 0 Å². The highest BCUT2D eigenvalue weighted by Crippen LogP contribution is 2.21. The Hall–Kier alpha value is -2.36. The molecule has 0 aliphatic carbocycles. The lowest BCUT2D eigenvalue weighted by Gasteiger charge is -1.99. The van der Waals surface area contributed by atoms with Crippen LogP contribution in [0.25, 0.3) is 22.6 Å². The van der Waals surface area contributed by atoms with E-state index in [9.17, 15) is 5.21 Å². The average molecular weight is 211 g/mol. The molecule has 1 N–H and O–H groups in total. The summed E-state index contributed by atoms with van der Waals surface area (Å²) in [5.74, 6) is 0.509. The average Bonchev–Trinajstić information content (AvgIpc) is 2.69. The van der Waals surface area contributed by atoms with Gasteiger partial charge in [0.15, 0.2) is 11.5 Å². The van der Waals surface area contributed by atoms with Gasteiger partial charge in [0, 0.05) is 11.8 Å². The van der Waals surface area contributed by atoms with Gasteiger partial charge < -0.3 is 5.21 Å². The summed E-state index contributed by atoms with van der Waals surface area (Å²) in [5, 5.41) is 9.96. The SMILES string of the molecule is On1c(-c2ccccc2)nc2ncccc21. The summed E-state index contributed by atoms with van der Waals surface area (Å²) in [6.07, 6.45) is 1.66. The fraction of sp³-hybridized carbons (Fsp3) is 0. The van der Waals surface area contributed by atoms with Gasteiger partial charge in [-0.2, -0.15) is 4.73 Å². The van der Waals surface area contributed by atoms with E-state index < -0.39 is 0 Å². The van der Waals surface area contributed by atoms with E-state index >= 15 is 0 Å². The number of hydrogen-bond acceptors (Lipinski definition) is 3. The third-order valence-electron chi connectivity index (χ3n) is 2.44. The third kappa shape index (κ3) is 1.24. The molecular formula is C12H9N3O. The lowest BCUT2D eigenvalue weighted by Crippen LogP contribution is -1.93. The summed E-state index contributed by atoms with van der Waals surface area (Å²) in [6.45, 7) is 0. The van der Waals surface area contributed by atoms with E-state index in [0.29, 0.717) is 17.0 Å². The number of pyridine rings is 1. The minimum atomic E-state index is 0.509. The summed E-state index contributed by atoms with van der Waals surface area (Å²) in [4.78, 5) is 8.38. The second kappa shape index (κ2) is 3.34. The molecular weight excluding hydrogens is 202 g/mol. The minimum absolute atomic E-state index is 0.509. The van der Waals surface area contributed by atoms with Crippen molar-refractivity contribution in [2.75, 3.05) is 0 Å². The van der Waals surface area contributed by atoms with Crippen LogP contribution < -0.4 is 0 Å². The summed E-state index contributed by atoms with van der Waals surface area (Å²) >= 11 is 0. The highest BCUT2D eigenvalue weighted by molar-refractivity contribution is 5.76. The molecule has 1 aromatic carbocycles. The number of benzene rings is 1. The maximum absolute atomic E-state index is 9.96. The predicted octanol–water partition coefficient (Wildman–Crippen LogP) is 2.34. The number of imidazole rings is 1. The van der Waals surface area contributed by atoms with Crippen molar-refractivity contribution >= 4 is 11.2 Å². The van der Waals surface area contributed by atoms with Gasteiger partial charge in [-0.15, -0.1) is 0 Å². The van der Waals surface area contributed by atoms with Crippen LogP contribution in [0.1, 0.15) is 0 Å². The van der Waals surface area contributed by atoms with Gasteiger partial charge in [0.25, 0.3) is 0 Å². The number of nitrogens with zero attached hydrogens (tertiary/aromatic N) is 3. The smallest absolute Gasteiger partial charge is 0.181 e. The van der Waals surface area contributed by atoms with Crippen molar-refractivity contribution < 1.29 is 5.21 Å². The zero-order chi connectivity index (χ0) is 11.0. The number of rotatable bonds is 1. The van der Waals surface area contributed by atoms with Gasteiger partial charge in [-0.3, -0.25) is 0 Å². The van der Waals surface area contributed by atoms with Crippen LogP contribution in [-0.4, -0.2) is 19.9 Å². The number of hydrogen-bond donors (Lipinski definition) is 1. The fourth-order valence-electron chi connectivity index (χ4n) is 1.68. The van der Waals surface area contributed by atoms with Gasteiger partial charge in [-0.25, -0.2) is 9.97 Å². The topological polar surface area (TPSA) is 50.9 Å². The van der Waals surface area contributed by atoms with Gasteiger partial charge in [0.05, 0.1) is 0 Å². The lowest BCUT2D eigenvalue weighted by molar-refractivity contribution is 0.203. The molecule has 0 unspecified atom stereocenters. The second-order valence-electron chi connectivity index (χ2n) is 3.46. The van der Waals surface area contributed by atoms with Gasteiger partial charge in [0.2, 0.25) is 0 Å². The van der Waals surface area contributed by atoms with Crippen LogP contribution in [0.15, 0.2) is 48.7 Å². The maximum atomic E-state index is 9.96. The number of fused-ring (bicyclic) bond motifs is 1. The quantitative estimate of drug-likeness (QED) is 0.628. The minimum Gasteiger partial charge on any atom is -0.426 e. The maximum Gasteiger partial charge on any atom is 0.181 e. The molecule has 0 spiro atoms. The standard InChI is InChI=1S/C12H9N3O/c16-15-10-7-4-8-13-11(10)14-12(15)9-5-2-1-3-6-9/h1-8,16H. The van der Waals surface area contributed by atoms with Crippen molar-refractivity contribution in [3.8, 4) is 11.4 Å². The first kappa shape index (κ1) is 8.91. The Kier molecular flexibility index (Phi) is 1.86. The molecule has 0 amide bonds. The van der Waals surface area contributed by atoms with E-state index in [1.165, 1.54) is 0 Å². The lowest BCUT2D eigenvalue weighted by atomic mass is 10.2. The number of aromatic nitrogens is 3. The zero-order valence-electron chi connectivity index (χ0n) is 8.41. The molecule has 4 heteroatoms. The highest BCUT2D eigenvalue weighted by atomic mass is 16.5. The largest absolute Gasteiger partial charge is 0.426 e. The predicted molar refractivity (Wildman–Crippen MR) is 60.1 cm³/mol. The van der Waals surface area contributed by atoms with Gasteiger partial charge in [0.1, 0.15) is 5.52 Å². The van der Waals surface area contributed by atoms with Crippen molar-refractivity contribution in [1.82, 2.24) is 14.7 Å². The molecule has 0 saturated heterocycles. The summed E-state index contributed by atoms with van der Waals surface area (Å²) < 4.78 is 1.07. The highest BCUT2D eigenvalue weighted by Gasteiger charge is 2.11. The molecule has 4 nitrogen and oxygen atoms in total. The Morgan fingerprint density at radius 2 is 1.81 bits per heavy atom. The van der Waals surface area contributed by atoms with Crippen LogP contribution in [0.4, 0.5) is 0 Å². The Bertz CT molecular complexity index is 631. The molecule has 2 aromatic heterocycles. The summed E-state index contributed by atoms with van der Waals surface area (Å²) in [5.41, 5.74) is 2.02.